The molecule has 2 saturated heterocycles. The molecule has 0 aromatic carbocycles. The van der Waals surface area contributed by atoms with E-state index in [4.69, 9.17) is 14.5 Å². The van der Waals surface area contributed by atoms with Crippen molar-refractivity contribution in [3.63, 3.8) is 0 Å². The average molecular weight is 485 g/mol. The summed E-state index contributed by atoms with van der Waals surface area (Å²) < 4.78 is 13.9. The van der Waals surface area contributed by atoms with E-state index in [1.807, 2.05) is 11.1 Å². The molecule has 2 aliphatic heterocycles. The van der Waals surface area contributed by atoms with Gasteiger partial charge in [-0.25, -0.2) is 4.98 Å². The molecule has 2 aliphatic rings. The molecule has 2 aromatic heterocycles. The molecule has 2 fully saturated rings. The van der Waals surface area contributed by atoms with Gasteiger partial charge in [-0.1, -0.05) is 26.2 Å². The molecule has 1 atom stereocenters. The van der Waals surface area contributed by atoms with E-state index in [0.717, 1.165) is 69.4 Å². The van der Waals surface area contributed by atoms with E-state index in [-0.39, 0.29) is 11.9 Å². The van der Waals surface area contributed by atoms with E-state index in [2.05, 4.69) is 48.4 Å². The molecule has 7 nitrogen and oxygen atoms in total. The molecule has 0 unspecified atom stereocenters. The number of amides is 1. The number of rotatable bonds is 9. The van der Waals surface area contributed by atoms with Gasteiger partial charge in [0, 0.05) is 70.5 Å². The van der Waals surface area contributed by atoms with Crippen molar-refractivity contribution in [3.8, 4) is 0 Å². The lowest BCUT2D eigenvalue weighted by molar-refractivity contribution is -0.127. The van der Waals surface area contributed by atoms with Gasteiger partial charge < -0.3 is 24.3 Å². The Morgan fingerprint density at radius 1 is 1.32 bits per heavy atom. The number of anilines is 1. The van der Waals surface area contributed by atoms with Crippen LogP contribution in [0.5, 0.6) is 0 Å². The average Bonchev–Trinajstić information content (AvgIpc) is 3.21. The van der Waals surface area contributed by atoms with Gasteiger partial charge in [0.15, 0.2) is 0 Å². The predicted octanol–water partition coefficient (Wildman–Crippen LogP) is 4.83. The lowest BCUT2D eigenvalue weighted by atomic mass is 9.91. The molecule has 0 saturated carbocycles. The van der Waals surface area contributed by atoms with Crippen LogP contribution in [0.2, 0.25) is 25.7 Å². The zero-order valence-corrected chi connectivity index (χ0v) is 22.0. The number of nitrogens with zero attached hydrogens (tertiary/aromatic N) is 3. The minimum absolute atomic E-state index is 0.0101. The van der Waals surface area contributed by atoms with E-state index in [1.54, 1.807) is 0 Å². The van der Waals surface area contributed by atoms with Crippen molar-refractivity contribution in [1.82, 2.24) is 14.5 Å². The van der Waals surface area contributed by atoms with Crippen LogP contribution in [0.1, 0.15) is 37.2 Å². The molecular weight excluding hydrogens is 444 g/mol. The van der Waals surface area contributed by atoms with E-state index in [9.17, 15) is 4.79 Å². The minimum Gasteiger partial charge on any atom is -0.381 e. The first-order valence-corrected chi connectivity index (χ1v) is 16.4. The van der Waals surface area contributed by atoms with Crippen molar-refractivity contribution in [3.05, 3.63) is 36.7 Å². The topological polar surface area (TPSA) is 68.6 Å². The Balaban J connectivity index is 1.59. The Bertz CT molecular complexity index is 994. The maximum atomic E-state index is 12.2. The number of pyridine rings is 1. The molecule has 2 aromatic rings. The van der Waals surface area contributed by atoms with Gasteiger partial charge in [-0.2, -0.15) is 0 Å². The number of carbonyl (C=O) groups excluding carboxylic acids is 1. The highest BCUT2D eigenvalue weighted by atomic mass is 28.3. The van der Waals surface area contributed by atoms with Gasteiger partial charge in [-0.15, -0.1) is 0 Å². The highest BCUT2D eigenvalue weighted by molar-refractivity contribution is 6.76. The van der Waals surface area contributed by atoms with Gasteiger partial charge in [-0.05, 0) is 55.4 Å². The molecule has 1 amide bonds. The molecule has 0 aliphatic carbocycles. The minimum atomic E-state index is -1.13. The maximum absolute atomic E-state index is 12.2. The first-order valence-electron chi connectivity index (χ1n) is 12.7. The standard InChI is InChI=1S/C26H40N4O3Si/c1-5-24(31)29-12-6-7-21(17-29)28-23-8-11-27-26-25(23)22(20-9-13-32-14-10-20)18-30(26)19-33-15-16-34(2,3)4/h5,8,11,18,20-21H,1,6-7,9-10,12-17,19H2,2-4H3,(H,27,28)/t21-/m1/s1. The van der Waals surface area contributed by atoms with Crippen LogP contribution in [0, 0.1) is 0 Å². The number of fused-ring (bicyclic) bond motifs is 1. The van der Waals surface area contributed by atoms with Crippen LogP contribution in [0.25, 0.3) is 11.0 Å². The lowest BCUT2D eigenvalue weighted by Crippen LogP contribution is -2.44. The molecule has 8 heteroatoms. The van der Waals surface area contributed by atoms with E-state index < -0.39 is 8.07 Å². The van der Waals surface area contributed by atoms with E-state index in [1.165, 1.54) is 17.0 Å². The number of nitrogens with one attached hydrogen (secondary N) is 1. The molecule has 186 valence electrons. The fraction of sp³-hybridized carbons (Fsp3) is 0.615. The predicted molar refractivity (Wildman–Crippen MR) is 140 cm³/mol. The second-order valence-corrected chi connectivity index (χ2v) is 16.4. The van der Waals surface area contributed by atoms with Crippen LogP contribution in [-0.2, 0) is 21.0 Å². The van der Waals surface area contributed by atoms with Crippen LogP contribution in [0.15, 0.2) is 31.1 Å². The Labute approximate surface area is 204 Å². The summed E-state index contributed by atoms with van der Waals surface area (Å²) in [7, 11) is -1.13. The highest BCUT2D eigenvalue weighted by Crippen LogP contribution is 2.37. The van der Waals surface area contributed by atoms with Gasteiger partial charge in [0.1, 0.15) is 12.4 Å². The molecule has 0 radical (unpaired) electrons. The summed E-state index contributed by atoms with van der Waals surface area (Å²) in [6.07, 6.45) is 9.62. The quantitative estimate of drug-likeness (QED) is 0.314. The van der Waals surface area contributed by atoms with Crippen molar-refractivity contribution < 1.29 is 14.3 Å². The zero-order valence-electron chi connectivity index (χ0n) is 21.0. The summed E-state index contributed by atoms with van der Waals surface area (Å²) in [5.41, 5.74) is 3.40. The number of hydrogen-bond acceptors (Lipinski definition) is 5. The number of hydrogen-bond donors (Lipinski definition) is 1. The molecule has 4 heterocycles. The van der Waals surface area contributed by atoms with E-state index in [0.29, 0.717) is 19.2 Å². The molecule has 0 bridgehead atoms. The number of ether oxygens (including phenoxy) is 2. The Hall–Kier alpha value is -2.16. The van der Waals surface area contributed by atoms with Crippen molar-refractivity contribution in [2.45, 2.75) is 70.1 Å². The van der Waals surface area contributed by atoms with Crippen LogP contribution >= 0.6 is 0 Å². The number of piperidine rings is 1. The van der Waals surface area contributed by atoms with Gasteiger partial charge >= 0.3 is 0 Å². The van der Waals surface area contributed by atoms with Gasteiger partial charge in [0.25, 0.3) is 0 Å². The second-order valence-electron chi connectivity index (χ2n) is 10.8. The van der Waals surface area contributed by atoms with Gasteiger partial charge in [0.05, 0.1) is 0 Å². The first kappa shape index (κ1) is 24.9. The SMILES string of the molecule is C=CC(=O)N1CCC[C@@H](Nc2ccnc3c2c(C2CCOCC2)cn3COCC[Si](C)(C)C)C1. The third-order valence-corrected chi connectivity index (χ3v) is 8.65. The van der Waals surface area contributed by atoms with Crippen molar-refractivity contribution in [2.75, 3.05) is 38.2 Å². The summed E-state index contributed by atoms with van der Waals surface area (Å²) in [4.78, 5) is 18.8. The van der Waals surface area contributed by atoms with Gasteiger partial charge in [0.2, 0.25) is 5.91 Å². The number of carbonyl (C=O) groups is 1. The molecular formula is C26H40N4O3Si. The number of likely N-dealkylation sites (tertiary alicyclic amines) is 1. The molecule has 4 rings (SSSR count). The summed E-state index contributed by atoms with van der Waals surface area (Å²) in [6.45, 7) is 15.2. The summed E-state index contributed by atoms with van der Waals surface area (Å²) in [5, 5.41) is 4.95. The smallest absolute Gasteiger partial charge is 0.246 e. The Morgan fingerprint density at radius 2 is 2.12 bits per heavy atom. The third-order valence-electron chi connectivity index (χ3n) is 6.94. The van der Waals surface area contributed by atoms with Gasteiger partial charge in [-0.3, -0.25) is 4.79 Å². The highest BCUT2D eigenvalue weighted by Gasteiger charge is 2.26. The fourth-order valence-electron chi connectivity index (χ4n) is 4.97. The third kappa shape index (κ3) is 6.09. The van der Waals surface area contributed by atoms with Crippen LogP contribution < -0.4 is 5.32 Å². The molecule has 0 spiro atoms. The van der Waals surface area contributed by atoms with Crippen LogP contribution in [0.3, 0.4) is 0 Å². The summed E-state index contributed by atoms with van der Waals surface area (Å²) in [6, 6.07) is 3.44. The Morgan fingerprint density at radius 3 is 2.85 bits per heavy atom. The molecule has 34 heavy (non-hydrogen) atoms. The van der Waals surface area contributed by atoms with Crippen LogP contribution in [0.4, 0.5) is 5.69 Å². The normalized spacial score (nSPS) is 20.0. The number of aromatic nitrogens is 2. The monoisotopic (exact) mass is 484 g/mol. The van der Waals surface area contributed by atoms with Crippen molar-refractivity contribution in [2.24, 2.45) is 0 Å². The van der Waals surface area contributed by atoms with Crippen LogP contribution in [-0.4, -0.2) is 67.4 Å². The van der Waals surface area contributed by atoms with Crippen molar-refractivity contribution in [1.29, 1.82) is 0 Å². The zero-order chi connectivity index (χ0) is 24.1. The van der Waals surface area contributed by atoms with Crippen molar-refractivity contribution >= 4 is 30.7 Å². The molecule has 1 N–H and O–H groups in total. The Kier molecular flexibility index (Phi) is 8.11. The largest absolute Gasteiger partial charge is 0.381 e. The summed E-state index contributed by atoms with van der Waals surface area (Å²) in [5.74, 6) is 0.463. The fourth-order valence-corrected chi connectivity index (χ4v) is 5.73. The lowest BCUT2D eigenvalue weighted by Gasteiger charge is -2.33. The maximum Gasteiger partial charge on any atom is 0.246 e. The first-order chi connectivity index (χ1) is 16.4. The summed E-state index contributed by atoms with van der Waals surface area (Å²) >= 11 is 0. The second kappa shape index (κ2) is 11.1. The van der Waals surface area contributed by atoms with E-state index >= 15 is 0 Å².